The second-order valence-corrected chi connectivity index (χ2v) is 8.15. The van der Waals surface area contributed by atoms with E-state index in [9.17, 15) is 0 Å². The molecular weight excluding hydrogens is 380 g/mol. The fourth-order valence-electron chi connectivity index (χ4n) is 3.79. The Morgan fingerprint density at radius 1 is 0.621 bits per heavy atom. The first kappa shape index (κ1) is 21.8. The van der Waals surface area contributed by atoms with E-state index in [2.05, 4.69) is 44.2 Å². The summed E-state index contributed by atoms with van der Waals surface area (Å²) in [6.45, 7) is 5.92. The number of ether oxygens (including phenoxy) is 2. The van der Waals surface area contributed by atoms with Gasteiger partial charge in [0.1, 0.15) is 11.5 Å². The largest absolute Gasteiger partial charge is 0.492 e. The topological polar surface area (TPSA) is 18.5 Å². The Kier molecular flexibility index (Phi) is 8.49. The highest BCUT2D eigenvalue weighted by Crippen LogP contribution is 2.43. The van der Waals surface area contributed by atoms with Crippen LogP contribution in [0.2, 0.25) is 5.02 Å². The Morgan fingerprint density at radius 2 is 1.14 bits per heavy atom. The molecule has 0 N–H and O–H groups in total. The average Bonchev–Trinajstić information content (AvgIpc) is 2.74. The summed E-state index contributed by atoms with van der Waals surface area (Å²) in [7, 11) is 0. The Morgan fingerprint density at radius 3 is 1.69 bits per heavy atom. The van der Waals surface area contributed by atoms with Gasteiger partial charge in [0.15, 0.2) is 0 Å². The smallest absolute Gasteiger partial charge is 0.135 e. The van der Waals surface area contributed by atoms with Crippen molar-refractivity contribution in [3.63, 3.8) is 0 Å². The number of unbranched alkanes of at least 4 members (excludes halogenated alkanes) is 6. The molecule has 0 saturated carbocycles. The lowest BCUT2D eigenvalue weighted by atomic mass is 10.0. The maximum atomic E-state index is 6.36. The SMILES string of the molecule is CCCCCCOc1c2ccccc2c(OCCCCCC)c2cc(Cl)ccc12. The van der Waals surface area contributed by atoms with E-state index in [1.54, 1.807) is 0 Å². The van der Waals surface area contributed by atoms with E-state index in [0.29, 0.717) is 0 Å². The summed E-state index contributed by atoms with van der Waals surface area (Å²) in [6, 6.07) is 14.4. The van der Waals surface area contributed by atoms with Gasteiger partial charge in [0, 0.05) is 26.6 Å². The van der Waals surface area contributed by atoms with Crippen LogP contribution < -0.4 is 9.47 Å². The summed E-state index contributed by atoms with van der Waals surface area (Å²) in [4.78, 5) is 0. The zero-order chi connectivity index (χ0) is 20.5. The van der Waals surface area contributed by atoms with Gasteiger partial charge in [-0.3, -0.25) is 0 Å². The Labute approximate surface area is 180 Å². The zero-order valence-corrected chi connectivity index (χ0v) is 18.6. The molecule has 0 aliphatic carbocycles. The van der Waals surface area contributed by atoms with E-state index >= 15 is 0 Å². The molecule has 29 heavy (non-hydrogen) atoms. The number of benzene rings is 3. The number of hydrogen-bond donors (Lipinski definition) is 0. The molecule has 0 aromatic heterocycles. The van der Waals surface area contributed by atoms with Gasteiger partial charge < -0.3 is 9.47 Å². The molecule has 3 heteroatoms. The normalized spacial score (nSPS) is 11.3. The molecule has 0 aliphatic rings. The summed E-state index contributed by atoms with van der Waals surface area (Å²) < 4.78 is 12.7. The minimum absolute atomic E-state index is 0.720. The molecule has 0 spiro atoms. The van der Waals surface area contributed by atoms with E-state index in [0.717, 1.165) is 64.1 Å². The van der Waals surface area contributed by atoms with Gasteiger partial charge in [-0.2, -0.15) is 0 Å². The average molecular weight is 413 g/mol. The number of halogens is 1. The molecule has 156 valence electrons. The Bertz CT molecular complexity index is 919. The predicted molar refractivity (Wildman–Crippen MR) is 126 cm³/mol. The number of fused-ring (bicyclic) bond motifs is 2. The van der Waals surface area contributed by atoms with Crippen molar-refractivity contribution in [3.8, 4) is 11.5 Å². The van der Waals surface area contributed by atoms with Crippen molar-refractivity contribution in [1.82, 2.24) is 0 Å². The van der Waals surface area contributed by atoms with Gasteiger partial charge in [0.25, 0.3) is 0 Å². The lowest BCUT2D eigenvalue weighted by molar-refractivity contribution is 0.307. The molecule has 0 bridgehead atoms. The van der Waals surface area contributed by atoms with Gasteiger partial charge in [0.2, 0.25) is 0 Å². The third-order valence-electron chi connectivity index (χ3n) is 5.38. The van der Waals surface area contributed by atoms with Crippen molar-refractivity contribution < 1.29 is 9.47 Å². The van der Waals surface area contributed by atoms with Crippen molar-refractivity contribution in [1.29, 1.82) is 0 Å². The van der Waals surface area contributed by atoms with Crippen LogP contribution in [0.15, 0.2) is 42.5 Å². The first-order valence-electron chi connectivity index (χ1n) is 11.2. The van der Waals surface area contributed by atoms with Crippen molar-refractivity contribution >= 4 is 33.1 Å². The van der Waals surface area contributed by atoms with Crippen LogP contribution in [0.4, 0.5) is 0 Å². The summed E-state index contributed by atoms with van der Waals surface area (Å²) in [5.41, 5.74) is 0. The molecular formula is C26H33ClO2. The summed E-state index contributed by atoms with van der Waals surface area (Å²) in [6.07, 6.45) is 9.52. The second-order valence-electron chi connectivity index (χ2n) is 7.71. The summed E-state index contributed by atoms with van der Waals surface area (Å²) >= 11 is 6.36. The molecule has 0 saturated heterocycles. The number of rotatable bonds is 12. The molecule has 0 aliphatic heterocycles. The van der Waals surface area contributed by atoms with Crippen molar-refractivity contribution in [2.45, 2.75) is 65.2 Å². The first-order valence-corrected chi connectivity index (χ1v) is 11.5. The maximum absolute atomic E-state index is 6.36. The lowest BCUT2D eigenvalue weighted by Gasteiger charge is -2.18. The van der Waals surface area contributed by atoms with Gasteiger partial charge in [-0.25, -0.2) is 0 Å². The van der Waals surface area contributed by atoms with Crippen LogP contribution >= 0.6 is 11.6 Å². The monoisotopic (exact) mass is 412 g/mol. The molecule has 3 aromatic rings. The van der Waals surface area contributed by atoms with Crippen LogP contribution in [0.25, 0.3) is 21.5 Å². The van der Waals surface area contributed by atoms with Crippen molar-refractivity contribution in [2.24, 2.45) is 0 Å². The van der Waals surface area contributed by atoms with Crippen LogP contribution in [0.3, 0.4) is 0 Å². The van der Waals surface area contributed by atoms with E-state index in [1.165, 1.54) is 38.5 Å². The van der Waals surface area contributed by atoms with Gasteiger partial charge in [-0.05, 0) is 31.0 Å². The molecule has 0 fully saturated rings. The summed E-state index contributed by atoms with van der Waals surface area (Å²) in [5.74, 6) is 1.87. The van der Waals surface area contributed by atoms with Gasteiger partial charge >= 0.3 is 0 Å². The van der Waals surface area contributed by atoms with Crippen LogP contribution in [0.1, 0.15) is 65.2 Å². The van der Waals surface area contributed by atoms with E-state index < -0.39 is 0 Å². The third-order valence-corrected chi connectivity index (χ3v) is 5.61. The minimum atomic E-state index is 0.720. The lowest BCUT2D eigenvalue weighted by Crippen LogP contribution is -2.02. The zero-order valence-electron chi connectivity index (χ0n) is 17.8. The highest BCUT2D eigenvalue weighted by atomic mass is 35.5. The Balaban J connectivity index is 1.96. The fourth-order valence-corrected chi connectivity index (χ4v) is 3.96. The van der Waals surface area contributed by atoms with E-state index in [4.69, 9.17) is 21.1 Å². The van der Waals surface area contributed by atoms with Gasteiger partial charge in [0.05, 0.1) is 13.2 Å². The van der Waals surface area contributed by atoms with Gasteiger partial charge in [-0.15, -0.1) is 0 Å². The minimum Gasteiger partial charge on any atom is -0.492 e. The van der Waals surface area contributed by atoms with E-state index in [1.807, 2.05) is 12.1 Å². The van der Waals surface area contributed by atoms with Crippen LogP contribution in [-0.2, 0) is 0 Å². The fraction of sp³-hybridized carbons (Fsp3) is 0.462. The second kappa shape index (κ2) is 11.3. The van der Waals surface area contributed by atoms with E-state index in [-0.39, 0.29) is 0 Å². The number of hydrogen-bond acceptors (Lipinski definition) is 2. The highest BCUT2D eigenvalue weighted by molar-refractivity contribution is 6.31. The Hall–Kier alpha value is -1.93. The van der Waals surface area contributed by atoms with Gasteiger partial charge in [-0.1, -0.05) is 88.2 Å². The molecule has 0 amide bonds. The quantitative estimate of drug-likeness (QED) is 0.219. The molecule has 2 nitrogen and oxygen atoms in total. The standard InChI is InChI=1S/C26H33ClO2/c1-3-5-7-11-17-28-25-21-13-9-10-14-22(21)26(29-18-12-8-6-4-2)24-19-20(27)15-16-23(24)25/h9-10,13-16,19H,3-8,11-12,17-18H2,1-2H3. The summed E-state index contributed by atoms with van der Waals surface area (Å²) in [5, 5.41) is 5.04. The van der Waals surface area contributed by atoms with Crippen molar-refractivity contribution in [2.75, 3.05) is 13.2 Å². The van der Waals surface area contributed by atoms with Crippen LogP contribution in [0, 0.1) is 0 Å². The van der Waals surface area contributed by atoms with Crippen LogP contribution in [-0.4, -0.2) is 13.2 Å². The molecule has 0 radical (unpaired) electrons. The molecule has 0 unspecified atom stereocenters. The highest BCUT2D eigenvalue weighted by Gasteiger charge is 2.16. The van der Waals surface area contributed by atoms with Crippen LogP contribution in [0.5, 0.6) is 11.5 Å². The molecule has 3 aromatic carbocycles. The maximum Gasteiger partial charge on any atom is 0.135 e. The molecule has 0 heterocycles. The molecule has 3 rings (SSSR count). The van der Waals surface area contributed by atoms with Crippen molar-refractivity contribution in [3.05, 3.63) is 47.5 Å². The predicted octanol–water partition coefficient (Wildman–Crippen LogP) is 8.56. The first-order chi connectivity index (χ1) is 14.3. The third kappa shape index (κ3) is 5.57. The molecule has 0 atom stereocenters.